The predicted molar refractivity (Wildman–Crippen MR) is 98.5 cm³/mol. The van der Waals surface area contributed by atoms with E-state index in [1.807, 2.05) is 24.9 Å². The molecule has 140 valence electrons. The number of rotatable bonds is 6. The number of nitrogens with zero attached hydrogens (tertiary/aromatic N) is 3. The first kappa shape index (κ1) is 18.6. The molecule has 0 bridgehead atoms. The van der Waals surface area contributed by atoms with Crippen molar-refractivity contribution in [2.45, 2.75) is 32.9 Å². The van der Waals surface area contributed by atoms with E-state index in [2.05, 4.69) is 36.3 Å². The van der Waals surface area contributed by atoms with Crippen LogP contribution >= 0.6 is 0 Å². The molecule has 0 radical (unpaired) electrons. The topological polar surface area (TPSA) is 69.8 Å². The van der Waals surface area contributed by atoms with Crippen molar-refractivity contribution in [2.24, 2.45) is 5.92 Å². The van der Waals surface area contributed by atoms with Crippen molar-refractivity contribution in [3.8, 4) is 0 Å². The van der Waals surface area contributed by atoms with Crippen LogP contribution < -0.4 is 0 Å². The third kappa shape index (κ3) is 4.71. The monoisotopic (exact) mass is 357 g/mol. The molecule has 0 aliphatic carbocycles. The number of hydrogen-bond donors (Lipinski definition) is 1. The quantitative estimate of drug-likeness (QED) is 0.853. The summed E-state index contributed by atoms with van der Waals surface area (Å²) in [6.07, 6.45) is 0.0807. The number of carbonyl (C=O) groups excluding carboxylic acids is 1. The molecular weight excluding hydrogens is 330 g/mol. The van der Waals surface area contributed by atoms with Crippen molar-refractivity contribution in [3.05, 3.63) is 52.9 Å². The van der Waals surface area contributed by atoms with Gasteiger partial charge in [0, 0.05) is 38.0 Å². The summed E-state index contributed by atoms with van der Waals surface area (Å²) in [5, 5.41) is 14.2. The number of aromatic nitrogens is 1. The standard InChI is InChI=1S/C20H27N3O3/c1-14-4-6-16(7-5-14)10-22(3)13-20(25)23-11-17(19(24)12-23)9-18-8-15(2)21-26-18/h4-8,17,19,24H,9-13H2,1-3H3/t17-,19+/m1/s1. The van der Waals surface area contributed by atoms with Crippen molar-refractivity contribution < 1.29 is 14.4 Å². The van der Waals surface area contributed by atoms with Gasteiger partial charge in [0.1, 0.15) is 5.76 Å². The Labute approximate surface area is 154 Å². The molecule has 1 saturated heterocycles. The zero-order valence-electron chi connectivity index (χ0n) is 15.7. The summed E-state index contributed by atoms with van der Waals surface area (Å²) in [5.74, 6) is 0.806. The van der Waals surface area contributed by atoms with Gasteiger partial charge in [0.05, 0.1) is 18.3 Å². The van der Waals surface area contributed by atoms with Gasteiger partial charge in [0.2, 0.25) is 5.91 Å². The van der Waals surface area contributed by atoms with Gasteiger partial charge < -0.3 is 14.5 Å². The molecule has 0 unspecified atom stereocenters. The number of amides is 1. The van der Waals surface area contributed by atoms with Gasteiger partial charge in [-0.05, 0) is 26.5 Å². The zero-order valence-corrected chi connectivity index (χ0v) is 15.7. The summed E-state index contributed by atoms with van der Waals surface area (Å²) >= 11 is 0. The lowest BCUT2D eigenvalue weighted by atomic mass is 10.0. The number of likely N-dealkylation sites (tertiary alicyclic amines) is 1. The van der Waals surface area contributed by atoms with Crippen LogP contribution in [0.4, 0.5) is 0 Å². The Balaban J connectivity index is 1.50. The number of benzene rings is 1. The average molecular weight is 357 g/mol. The highest BCUT2D eigenvalue weighted by Crippen LogP contribution is 2.22. The Bertz CT molecular complexity index is 741. The van der Waals surface area contributed by atoms with Gasteiger partial charge in [-0.25, -0.2) is 0 Å². The lowest BCUT2D eigenvalue weighted by Gasteiger charge is -2.21. The van der Waals surface area contributed by atoms with E-state index in [1.54, 1.807) is 4.90 Å². The molecule has 1 aromatic heterocycles. The molecule has 1 fully saturated rings. The van der Waals surface area contributed by atoms with Crippen molar-refractivity contribution in [2.75, 3.05) is 26.7 Å². The molecule has 2 atom stereocenters. The molecule has 1 aromatic carbocycles. The van der Waals surface area contributed by atoms with Crippen molar-refractivity contribution in [1.29, 1.82) is 0 Å². The number of aliphatic hydroxyl groups excluding tert-OH is 1. The Morgan fingerprint density at radius 1 is 1.31 bits per heavy atom. The van der Waals surface area contributed by atoms with Crippen LogP contribution in [0.5, 0.6) is 0 Å². The van der Waals surface area contributed by atoms with Crippen molar-refractivity contribution in [1.82, 2.24) is 15.0 Å². The van der Waals surface area contributed by atoms with Crippen LogP contribution in [-0.2, 0) is 17.8 Å². The number of β-amino-alcohol motifs (C(OH)–C–C–N with tert-alkyl or cyclic N) is 1. The first-order valence-corrected chi connectivity index (χ1v) is 9.03. The minimum absolute atomic E-state index is 0.00583. The molecule has 0 spiro atoms. The smallest absolute Gasteiger partial charge is 0.236 e. The predicted octanol–water partition coefficient (Wildman–Crippen LogP) is 1.79. The van der Waals surface area contributed by atoms with Crippen molar-refractivity contribution in [3.63, 3.8) is 0 Å². The van der Waals surface area contributed by atoms with Gasteiger partial charge in [-0.1, -0.05) is 35.0 Å². The molecule has 1 aliphatic heterocycles. The highest BCUT2D eigenvalue weighted by atomic mass is 16.5. The largest absolute Gasteiger partial charge is 0.391 e. The normalized spacial score (nSPS) is 20.1. The van der Waals surface area contributed by atoms with E-state index in [1.165, 1.54) is 11.1 Å². The lowest BCUT2D eigenvalue weighted by Crippen LogP contribution is -2.38. The fourth-order valence-corrected chi connectivity index (χ4v) is 3.42. The van der Waals surface area contributed by atoms with Crippen LogP contribution in [0.1, 0.15) is 22.6 Å². The molecular formula is C20H27N3O3. The minimum atomic E-state index is -0.522. The fraction of sp³-hybridized carbons (Fsp3) is 0.500. The number of aliphatic hydroxyl groups is 1. The number of likely N-dealkylation sites (N-methyl/N-ethyl adjacent to an activating group) is 1. The maximum absolute atomic E-state index is 12.6. The van der Waals surface area contributed by atoms with Gasteiger partial charge in [0.25, 0.3) is 0 Å². The van der Waals surface area contributed by atoms with Crippen LogP contribution in [-0.4, -0.2) is 58.8 Å². The van der Waals surface area contributed by atoms with Gasteiger partial charge in [-0.2, -0.15) is 0 Å². The third-order valence-electron chi connectivity index (χ3n) is 4.88. The molecule has 0 saturated carbocycles. The Hall–Kier alpha value is -2.18. The van der Waals surface area contributed by atoms with E-state index >= 15 is 0 Å². The van der Waals surface area contributed by atoms with Crippen molar-refractivity contribution >= 4 is 5.91 Å². The second kappa shape index (κ2) is 8.01. The van der Waals surface area contributed by atoms with Crippen LogP contribution in [0, 0.1) is 19.8 Å². The summed E-state index contributed by atoms with van der Waals surface area (Å²) < 4.78 is 5.24. The summed E-state index contributed by atoms with van der Waals surface area (Å²) in [7, 11) is 1.94. The van der Waals surface area contributed by atoms with E-state index in [9.17, 15) is 9.90 Å². The molecule has 1 aliphatic rings. The van der Waals surface area contributed by atoms with Crippen LogP contribution in [0.2, 0.25) is 0 Å². The molecule has 2 heterocycles. The number of aryl methyl sites for hydroxylation is 2. The third-order valence-corrected chi connectivity index (χ3v) is 4.88. The Kier molecular flexibility index (Phi) is 5.74. The van der Waals surface area contributed by atoms with Gasteiger partial charge in [0.15, 0.2) is 0 Å². The fourth-order valence-electron chi connectivity index (χ4n) is 3.42. The second-order valence-electron chi connectivity index (χ2n) is 7.42. The first-order valence-electron chi connectivity index (χ1n) is 9.03. The van der Waals surface area contributed by atoms with Crippen LogP contribution in [0.25, 0.3) is 0 Å². The molecule has 6 nitrogen and oxygen atoms in total. The van der Waals surface area contributed by atoms with E-state index in [0.717, 1.165) is 18.0 Å². The Morgan fingerprint density at radius 2 is 2.04 bits per heavy atom. The summed E-state index contributed by atoms with van der Waals surface area (Å²) in [5.41, 5.74) is 3.25. The minimum Gasteiger partial charge on any atom is -0.391 e. The van der Waals surface area contributed by atoms with Gasteiger partial charge in [-0.3, -0.25) is 9.69 Å². The maximum Gasteiger partial charge on any atom is 0.236 e. The lowest BCUT2D eigenvalue weighted by molar-refractivity contribution is -0.131. The van der Waals surface area contributed by atoms with Crippen LogP contribution in [0.3, 0.4) is 0 Å². The van der Waals surface area contributed by atoms with E-state index in [-0.39, 0.29) is 11.8 Å². The van der Waals surface area contributed by atoms with E-state index in [4.69, 9.17) is 4.52 Å². The van der Waals surface area contributed by atoms with E-state index in [0.29, 0.717) is 26.1 Å². The zero-order chi connectivity index (χ0) is 18.7. The van der Waals surface area contributed by atoms with E-state index < -0.39 is 6.10 Å². The average Bonchev–Trinajstić information content (AvgIpc) is 3.16. The number of hydrogen-bond acceptors (Lipinski definition) is 5. The highest BCUT2D eigenvalue weighted by molar-refractivity contribution is 5.78. The molecule has 26 heavy (non-hydrogen) atoms. The summed E-state index contributed by atoms with van der Waals surface area (Å²) in [4.78, 5) is 16.3. The van der Waals surface area contributed by atoms with Gasteiger partial charge in [-0.15, -0.1) is 0 Å². The molecule has 1 amide bonds. The SMILES string of the molecule is Cc1ccc(CN(C)CC(=O)N2C[C@@H](Cc3cc(C)no3)[C@@H](O)C2)cc1. The molecule has 6 heteroatoms. The molecule has 1 N–H and O–H groups in total. The second-order valence-corrected chi connectivity index (χ2v) is 7.42. The highest BCUT2D eigenvalue weighted by Gasteiger charge is 2.34. The Morgan fingerprint density at radius 3 is 2.69 bits per heavy atom. The molecule has 2 aromatic rings. The van der Waals surface area contributed by atoms with Crippen LogP contribution in [0.15, 0.2) is 34.9 Å². The molecule has 3 rings (SSSR count). The maximum atomic E-state index is 12.6. The number of carbonyl (C=O) groups is 1. The summed E-state index contributed by atoms with van der Waals surface area (Å²) in [6.45, 7) is 5.94. The first-order chi connectivity index (χ1) is 12.4. The summed E-state index contributed by atoms with van der Waals surface area (Å²) in [6, 6.07) is 10.2. The van der Waals surface area contributed by atoms with Gasteiger partial charge >= 0.3 is 0 Å².